The van der Waals surface area contributed by atoms with Crippen molar-refractivity contribution in [3.8, 4) is 5.75 Å². The number of rotatable bonds is 6. The summed E-state index contributed by atoms with van der Waals surface area (Å²) in [5.41, 5.74) is 2.13. The van der Waals surface area contributed by atoms with E-state index in [4.69, 9.17) is 16.3 Å². The molecule has 1 N–H and O–H groups in total. The molecule has 0 radical (unpaired) electrons. The Labute approximate surface area is 118 Å². The van der Waals surface area contributed by atoms with Crippen LogP contribution in [0.4, 0.5) is 5.69 Å². The van der Waals surface area contributed by atoms with Crippen molar-refractivity contribution in [3.63, 3.8) is 0 Å². The zero-order valence-electron chi connectivity index (χ0n) is 11.2. The third-order valence-electron chi connectivity index (χ3n) is 2.89. The zero-order valence-corrected chi connectivity index (χ0v) is 11.9. The molecular weight excluding hydrogens is 262 g/mol. The number of imidazole rings is 1. The highest BCUT2D eigenvalue weighted by Crippen LogP contribution is 2.27. The number of aromatic nitrogens is 2. The lowest BCUT2D eigenvalue weighted by molar-refractivity contribution is 0.415. The molecule has 1 aromatic carbocycles. The second kappa shape index (κ2) is 6.48. The zero-order chi connectivity index (χ0) is 13.7. The van der Waals surface area contributed by atoms with E-state index in [-0.39, 0.29) is 0 Å². The molecule has 4 nitrogen and oxygen atoms in total. The molecule has 0 atom stereocenters. The molecule has 5 heteroatoms. The average Bonchev–Trinajstić information content (AvgIpc) is 2.84. The summed E-state index contributed by atoms with van der Waals surface area (Å²) in [5.74, 6) is 0.684. The standard InChI is InChI=1S/C14H18ClN3O/c1-3-6-18-10-16-8-12(18)9-17-11-4-5-14(19-2)13(15)7-11/h4-5,7-8,10,17H,3,6,9H2,1-2H3. The number of halogens is 1. The minimum Gasteiger partial charge on any atom is -0.495 e. The van der Waals surface area contributed by atoms with Gasteiger partial charge in [0, 0.05) is 18.4 Å². The Morgan fingerprint density at radius 3 is 2.95 bits per heavy atom. The summed E-state index contributed by atoms with van der Waals surface area (Å²) in [6.07, 6.45) is 4.84. The van der Waals surface area contributed by atoms with Gasteiger partial charge in [0.2, 0.25) is 0 Å². The van der Waals surface area contributed by atoms with Crippen LogP contribution in [0.3, 0.4) is 0 Å². The van der Waals surface area contributed by atoms with Gasteiger partial charge in [-0.25, -0.2) is 4.98 Å². The largest absolute Gasteiger partial charge is 0.495 e. The van der Waals surface area contributed by atoms with Crippen molar-refractivity contribution < 1.29 is 4.74 Å². The van der Waals surface area contributed by atoms with Gasteiger partial charge in [-0.2, -0.15) is 0 Å². The SMILES string of the molecule is CCCn1cncc1CNc1ccc(OC)c(Cl)c1. The van der Waals surface area contributed by atoms with E-state index in [2.05, 4.69) is 21.8 Å². The van der Waals surface area contributed by atoms with Crippen LogP contribution in [0.15, 0.2) is 30.7 Å². The molecule has 0 aliphatic carbocycles. The highest BCUT2D eigenvalue weighted by atomic mass is 35.5. The lowest BCUT2D eigenvalue weighted by Crippen LogP contribution is -2.06. The first kappa shape index (κ1) is 13.7. The van der Waals surface area contributed by atoms with E-state index in [1.54, 1.807) is 7.11 Å². The van der Waals surface area contributed by atoms with E-state index >= 15 is 0 Å². The molecule has 0 saturated heterocycles. The fourth-order valence-corrected chi connectivity index (χ4v) is 2.16. The summed E-state index contributed by atoms with van der Waals surface area (Å²) in [4.78, 5) is 4.17. The first-order valence-electron chi connectivity index (χ1n) is 6.31. The van der Waals surface area contributed by atoms with Gasteiger partial charge in [-0.05, 0) is 24.6 Å². The predicted octanol–water partition coefficient (Wildman–Crippen LogP) is 3.57. The fourth-order valence-electron chi connectivity index (χ4n) is 1.91. The Hall–Kier alpha value is -1.68. The molecule has 0 saturated carbocycles. The normalized spacial score (nSPS) is 10.5. The van der Waals surface area contributed by atoms with Crippen LogP contribution in [0.1, 0.15) is 19.0 Å². The number of aryl methyl sites for hydroxylation is 1. The van der Waals surface area contributed by atoms with Gasteiger partial charge < -0.3 is 14.6 Å². The number of anilines is 1. The third-order valence-corrected chi connectivity index (χ3v) is 3.18. The summed E-state index contributed by atoms with van der Waals surface area (Å²) in [7, 11) is 1.61. The molecule has 2 aromatic rings. The Balaban J connectivity index is 2.02. The number of nitrogens with zero attached hydrogens (tertiary/aromatic N) is 2. The maximum atomic E-state index is 6.09. The monoisotopic (exact) mass is 279 g/mol. The van der Waals surface area contributed by atoms with Crippen LogP contribution in [0.5, 0.6) is 5.75 Å². The summed E-state index contributed by atoms with van der Waals surface area (Å²) in [6, 6.07) is 5.67. The summed E-state index contributed by atoms with van der Waals surface area (Å²) < 4.78 is 7.28. The highest BCUT2D eigenvalue weighted by molar-refractivity contribution is 6.32. The average molecular weight is 280 g/mol. The molecule has 0 aliphatic rings. The van der Waals surface area contributed by atoms with Gasteiger partial charge >= 0.3 is 0 Å². The van der Waals surface area contributed by atoms with Crippen LogP contribution >= 0.6 is 11.6 Å². The van der Waals surface area contributed by atoms with Crippen LogP contribution < -0.4 is 10.1 Å². The molecule has 0 aliphatic heterocycles. The van der Waals surface area contributed by atoms with Gasteiger partial charge in [0.05, 0.1) is 30.7 Å². The number of benzene rings is 1. The molecule has 0 spiro atoms. The van der Waals surface area contributed by atoms with Gasteiger partial charge in [-0.15, -0.1) is 0 Å². The highest BCUT2D eigenvalue weighted by Gasteiger charge is 2.04. The molecule has 0 bridgehead atoms. The number of hydrogen-bond acceptors (Lipinski definition) is 3. The third kappa shape index (κ3) is 3.41. The smallest absolute Gasteiger partial charge is 0.137 e. The summed E-state index contributed by atoms with van der Waals surface area (Å²) in [6.45, 7) is 3.86. The van der Waals surface area contributed by atoms with Crippen molar-refractivity contribution in [1.82, 2.24) is 9.55 Å². The second-order valence-corrected chi connectivity index (χ2v) is 4.69. The van der Waals surface area contributed by atoms with Crippen LogP contribution in [-0.2, 0) is 13.1 Å². The predicted molar refractivity (Wildman–Crippen MR) is 77.8 cm³/mol. The molecule has 0 fully saturated rings. The minimum absolute atomic E-state index is 0.606. The molecule has 1 heterocycles. The van der Waals surface area contributed by atoms with E-state index < -0.39 is 0 Å². The van der Waals surface area contributed by atoms with Gasteiger partial charge in [0.1, 0.15) is 5.75 Å². The van der Waals surface area contributed by atoms with Crippen molar-refractivity contribution in [2.45, 2.75) is 26.4 Å². The Morgan fingerprint density at radius 2 is 2.26 bits per heavy atom. The van der Waals surface area contributed by atoms with E-state index in [9.17, 15) is 0 Å². The number of ether oxygens (including phenoxy) is 1. The maximum absolute atomic E-state index is 6.09. The molecule has 0 amide bonds. The van der Waals surface area contributed by atoms with Crippen LogP contribution in [-0.4, -0.2) is 16.7 Å². The van der Waals surface area contributed by atoms with E-state index in [0.29, 0.717) is 10.8 Å². The molecule has 0 unspecified atom stereocenters. The van der Waals surface area contributed by atoms with E-state index in [1.165, 1.54) is 0 Å². The summed E-state index contributed by atoms with van der Waals surface area (Å²) in [5, 5.41) is 3.94. The van der Waals surface area contributed by atoms with E-state index in [1.807, 2.05) is 30.7 Å². The maximum Gasteiger partial charge on any atom is 0.137 e. The number of nitrogens with one attached hydrogen (secondary N) is 1. The Bertz CT molecular complexity index is 539. The van der Waals surface area contributed by atoms with Crippen molar-refractivity contribution in [2.75, 3.05) is 12.4 Å². The Morgan fingerprint density at radius 1 is 1.42 bits per heavy atom. The van der Waals surface area contributed by atoms with Crippen molar-refractivity contribution in [1.29, 1.82) is 0 Å². The lowest BCUT2D eigenvalue weighted by atomic mass is 10.3. The van der Waals surface area contributed by atoms with Gasteiger partial charge in [0.25, 0.3) is 0 Å². The quantitative estimate of drug-likeness (QED) is 0.879. The van der Waals surface area contributed by atoms with Crippen molar-refractivity contribution in [2.24, 2.45) is 0 Å². The van der Waals surface area contributed by atoms with Gasteiger partial charge in [0.15, 0.2) is 0 Å². The van der Waals surface area contributed by atoms with Crippen molar-refractivity contribution >= 4 is 17.3 Å². The number of methoxy groups -OCH3 is 1. The molecule has 19 heavy (non-hydrogen) atoms. The molecule has 2 rings (SSSR count). The summed E-state index contributed by atoms with van der Waals surface area (Å²) >= 11 is 6.09. The fraction of sp³-hybridized carbons (Fsp3) is 0.357. The van der Waals surface area contributed by atoms with Gasteiger partial charge in [-0.1, -0.05) is 18.5 Å². The number of hydrogen-bond donors (Lipinski definition) is 1. The second-order valence-electron chi connectivity index (χ2n) is 4.28. The van der Waals surface area contributed by atoms with Crippen LogP contribution in [0.25, 0.3) is 0 Å². The van der Waals surface area contributed by atoms with Gasteiger partial charge in [-0.3, -0.25) is 0 Å². The van der Waals surface area contributed by atoms with Crippen LogP contribution in [0, 0.1) is 0 Å². The molecular formula is C14H18ClN3O. The minimum atomic E-state index is 0.606. The molecule has 102 valence electrons. The first-order chi connectivity index (χ1) is 9.24. The van der Waals surface area contributed by atoms with Crippen LogP contribution in [0.2, 0.25) is 5.02 Å². The van der Waals surface area contributed by atoms with E-state index in [0.717, 1.165) is 30.9 Å². The first-order valence-corrected chi connectivity index (χ1v) is 6.68. The lowest BCUT2D eigenvalue weighted by Gasteiger charge is -2.10. The molecule has 1 aromatic heterocycles. The Kier molecular flexibility index (Phi) is 4.68. The topological polar surface area (TPSA) is 39.1 Å². The van der Waals surface area contributed by atoms with Crippen molar-refractivity contribution in [3.05, 3.63) is 41.4 Å².